The van der Waals surface area contributed by atoms with Crippen molar-refractivity contribution in [2.75, 3.05) is 29.9 Å². The number of nitrogens with one attached hydrogen (secondary N) is 2. The predicted octanol–water partition coefficient (Wildman–Crippen LogP) is 0.952. The molecule has 0 radical (unpaired) electrons. The molecule has 0 saturated carbocycles. The highest BCUT2D eigenvalue weighted by atomic mass is 16.5. The Balaban J connectivity index is 1.47. The van der Waals surface area contributed by atoms with E-state index in [1.165, 1.54) is 11.1 Å². The number of hydrogen-bond donors (Lipinski definition) is 2. The van der Waals surface area contributed by atoms with Gasteiger partial charge >= 0.3 is 0 Å². The van der Waals surface area contributed by atoms with Gasteiger partial charge in [0.15, 0.2) is 6.61 Å². The third-order valence-electron chi connectivity index (χ3n) is 3.73. The third-order valence-corrected chi connectivity index (χ3v) is 3.73. The summed E-state index contributed by atoms with van der Waals surface area (Å²) in [7, 11) is 0. The predicted molar refractivity (Wildman–Crippen MR) is 94.8 cm³/mol. The SMILES string of the molecule is O=C(CN1C(=O)COc2ccccc21)NCCC(=O)Nc1cccnc1. The highest BCUT2D eigenvalue weighted by molar-refractivity contribution is 6.02. The first-order valence-corrected chi connectivity index (χ1v) is 8.12. The van der Waals surface area contributed by atoms with Crippen molar-refractivity contribution in [3.8, 4) is 5.75 Å². The lowest BCUT2D eigenvalue weighted by atomic mass is 10.2. The summed E-state index contributed by atoms with van der Waals surface area (Å²) in [4.78, 5) is 41.3. The molecule has 3 rings (SSSR count). The maximum atomic E-state index is 12.1. The van der Waals surface area contributed by atoms with Crippen LogP contribution >= 0.6 is 0 Å². The minimum absolute atomic E-state index is 0.0994. The molecule has 2 heterocycles. The van der Waals surface area contributed by atoms with E-state index >= 15 is 0 Å². The molecule has 0 bridgehead atoms. The quantitative estimate of drug-likeness (QED) is 0.804. The third kappa shape index (κ3) is 4.35. The second-order valence-corrected chi connectivity index (χ2v) is 5.63. The van der Waals surface area contributed by atoms with E-state index in [2.05, 4.69) is 15.6 Å². The fourth-order valence-electron chi connectivity index (χ4n) is 2.50. The average molecular weight is 354 g/mol. The molecule has 8 nitrogen and oxygen atoms in total. The van der Waals surface area contributed by atoms with Gasteiger partial charge in [-0.3, -0.25) is 24.3 Å². The van der Waals surface area contributed by atoms with Gasteiger partial charge in [-0.25, -0.2) is 0 Å². The zero-order chi connectivity index (χ0) is 18.4. The van der Waals surface area contributed by atoms with Crippen LogP contribution in [0.1, 0.15) is 6.42 Å². The number of hydrogen-bond acceptors (Lipinski definition) is 5. The maximum absolute atomic E-state index is 12.1. The minimum Gasteiger partial charge on any atom is -0.482 e. The van der Waals surface area contributed by atoms with Crippen molar-refractivity contribution in [1.82, 2.24) is 10.3 Å². The first kappa shape index (κ1) is 17.4. The van der Waals surface area contributed by atoms with Gasteiger partial charge in [-0.1, -0.05) is 12.1 Å². The van der Waals surface area contributed by atoms with Crippen molar-refractivity contribution in [2.45, 2.75) is 6.42 Å². The lowest BCUT2D eigenvalue weighted by molar-refractivity contribution is -0.125. The van der Waals surface area contributed by atoms with Crippen molar-refractivity contribution >= 4 is 29.1 Å². The Kier molecular flexibility index (Phi) is 5.43. The van der Waals surface area contributed by atoms with Gasteiger partial charge in [-0.05, 0) is 24.3 Å². The number of amides is 3. The second kappa shape index (κ2) is 8.11. The largest absolute Gasteiger partial charge is 0.482 e. The highest BCUT2D eigenvalue weighted by Crippen LogP contribution is 2.31. The highest BCUT2D eigenvalue weighted by Gasteiger charge is 2.26. The van der Waals surface area contributed by atoms with E-state index in [-0.39, 0.29) is 43.8 Å². The number of rotatable bonds is 6. The number of carbonyl (C=O) groups excluding carboxylic acids is 3. The number of ether oxygens (including phenoxy) is 1. The van der Waals surface area contributed by atoms with Crippen LogP contribution in [0, 0.1) is 0 Å². The fourth-order valence-corrected chi connectivity index (χ4v) is 2.50. The molecular weight excluding hydrogens is 336 g/mol. The molecule has 1 aromatic heterocycles. The number of carbonyl (C=O) groups is 3. The zero-order valence-corrected chi connectivity index (χ0v) is 14.0. The van der Waals surface area contributed by atoms with E-state index < -0.39 is 0 Å². The smallest absolute Gasteiger partial charge is 0.265 e. The van der Waals surface area contributed by atoms with Crippen LogP contribution in [0.4, 0.5) is 11.4 Å². The van der Waals surface area contributed by atoms with Crippen LogP contribution in [-0.4, -0.2) is 42.4 Å². The molecular formula is C18H18N4O4. The molecule has 0 spiro atoms. The normalized spacial score (nSPS) is 12.8. The van der Waals surface area contributed by atoms with Gasteiger partial charge in [0.25, 0.3) is 5.91 Å². The van der Waals surface area contributed by atoms with Gasteiger partial charge in [-0.15, -0.1) is 0 Å². The number of nitrogens with zero attached hydrogens (tertiary/aromatic N) is 2. The number of benzene rings is 1. The van der Waals surface area contributed by atoms with Crippen molar-refractivity contribution in [2.24, 2.45) is 0 Å². The molecule has 3 amide bonds. The molecule has 0 fully saturated rings. The van der Waals surface area contributed by atoms with E-state index in [1.807, 2.05) is 0 Å². The number of anilines is 2. The topological polar surface area (TPSA) is 101 Å². The Morgan fingerprint density at radius 2 is 2.00 bits per heavy atom. The van der Waals surface area contributed by atoms with E-state index in [4.69, 9.17) is 4.74 Å². The molecule has 0 saturated heterocycles. The first-order chi connectivity index (χ1) is 12.6. The lowest BCUT2D eigenvalue weighted by Gasteiger charge is -2.28. The summed E-state index contributed by atoms with van der Waals surface area (Å²) in [5.74, 6) is -0.292. The Morgan fingerprint density at radius 3 is 2.81 bits per heavy atom. The van der Waals surface area contributed by atoms with Crippen molar-refractivity contribution < 1.29 is 19.1 Å². The van der Waals surface area contributed by atoms with Gasteiger partial charge in [0.1, 0.15) is 12.3 Å². The maximum Gasteiger partial charge on any atom is 0.265 e. The summed E-state index contributed by atoms with van der Waals surface area (Å²) >= 11 is 0. The van der Waals surface area contributed by atoms with Crippen LogP contribution in [0.15, 0.2) is 48.8 Å². The monoisotopic (exact) mass is 354 g/mol. The molecule has 2 aromatic rings. The Labute approximate surface area is 150 Å². The van der Waals surface area contributed by atoms with E-state index in [9.17, 15) is 14.4 Å². The molecule has 0 aliphatic carbocycles. The van der Waals surface area contributed by atoms with E-state index in [1.54, 1.807) is 42.6 Å². The summed E-state index contributed by atoms with van der Waals surface area (Å²) in [6, 6.07) is 10.5. The Morgan fingerprint density at radius 1 is 1.15 bits per heavy atom. The Bertz CT molecular complexity index is 810. The summed E-state index contributed by atoms with van der Waals surface area (Å²) in [6.07, 6.45) is 3.27. The minimum atomic E-state index is -0.343. The van der Waals surface area contributed by atoms with Crippen molar-refractivity contribution in [3.63, 3.8) is 0 Å². The number of para-hydroxylation sites is 2. The second-order valence-electron chi connectivity index (χ2n) is 5.63. The molecule has 1 aliphatic rings. The van der Waals surface area contributed by atoms with E-state index in [0.717, 1.165) is 0 Å². The van der Waals surface area contributed by atoms with Gasteiger partial charge < -0.3 is 15.4 Å². The lowest BCUT2D eigenvalue weighted by Crippen LogP contribution is -2.45. The number of fused-ring (bicyclic) bond motifs is 1. The van der Waals surface area contributed by atoms with Crippen LogP contribution in [0.2, 0.25) is 0 Å². The zero-order valence-electron chi connectivity index (χ0n) is 14.0. The van der Waals surface area contributed by atoms with Crippen LogP contribution in [-0.2, 0) is 14.4 Å². The van der Waals surface area contributed by atoms with Crippen LogP contribution < -0.4 is 20.3 Å². The summed E-state index contributed by atoms with van der Waals surface area (Å²) < 4.78 is 5.34. The van der Waals surface area contributed by atoms with Crippen molar-refractivity contribution in [3.05, 3.63) is 48.8 Å². The summed E-state index contributed by atoms with van der Waals surface area (Å²) in [5.41, 5.74) is 1.16. The molecule has 26 heavy (non-hydrogen) atoms. The molecule has 2 N–H and O–H groups in total. The van der Waals surface area contributed by atoms with Crippen molar-refractivity contribution in [1.29, 1.82) is 0 Å². The summed E-state index contributed by atoms with van der Waals surface area (Å²) in [5, 5.41) is 5.33. The molecule has 8 heteroatoms. The first-order valence-electron chi connectivity index (χ1n) is 8.12. The standard InChI is InChI=1S/C18H18N4O4/c23-16(21-13-4-3-8-19-10-13)7-9-20-17(24)11-22-14-5-1-2-6-15(14)26-12-18(22)25/h1-6,8,10H,7,9,11-12H2,(H,20,24)(H,21,23). The van der Waals surface area contributed by atoms with Gasteiger partial charge in [0, 0.05) is 19.2 Å². The molecule has 0 atom stereocenters. The average Bonchev–Trinajstić information content (AvgIpc) is 2.65. The van der Waals surface area contributed by atoms with Crippen LogP contribution in [0.3, 0.4) is 0 Å². The van der Waals surface area contributed by atoms with Gasteiger partial charge in [-0.2, -0.15) is 0 Å². The van der Waals surface area contributed by atoms with Gasteiger partial charge in [0.05, 0.1) is 17.6 Å². The Hall–Kier alpha value is -3.42. The molecule has 1 aromatic carbocycles. The number of aromatic nitrogens is 1. The molecule has 0 unspecified atom stereocenters. The summed E-state index contributed by atoms with van der Waals surface area (Å²) in [6.45, 7) is -0.0493. The van der Waals surface area contributed by atoms with E-state index in [0.29, 0.717) is 17.1 Å². The fraction of sp³-hybridized carbons (Fsp3) is 0.222. The molecule has 134 valence electrons. The van der Waals surface area contributed by atoms with Crippen LogP contribution in [0.5, 0.6) is 5.75 Å². The number of pyridine rings is 1. The van der Waals surface area contributed by atoms with Gasteiger partial charge in [0.2, 0.25) is 11.8 Å². The molecule has 1 aliphatic heterocycles. The van der Waals surface area contributed by atoms with Crippen LogP contribution in [0.25, 0.3) is 0 Å².